The van der Waals surface area contributed by atoms with Crippen molar-refractivity contribution in [2.75, 3.05) is 0 Å². The van der Waals surface area contributed by atoms with Crippen LogP contribution < -0.4 is 0 Å². The van der Waals surface area contributed by atoms with Crippen molar-refractivity contribution in [3.8, 4) is 17.2 Å². The maximum absolute atomic E-state index is 13.4. The Morgan fingerprint density at radius 2 is 1.87 bits per heavy atom. The van der Waals surface area contributed by atoms with Crippen LogP contribution in [0, 0.1) is 19.8 Å². The van der Waals surface area contributed by atoms with E-state index < -0.39 is 15.1 Å². The lowest BCUT2D eigenvalue weighted by atomic mass is 10.0. The Balaban J connectivity index is 1.61. The van der Waals surface area contributed by atoms with Crippen molar-refractivity contribution < 1.29 is 12.9 Å². The van der Waals surface area contributed by atoms with Gasteiger partial charge in [-0.2, -0.15) is 10.1 Å². The highest BCUT2D eigenvalue weighted by Crippen LogP contribution is 2.37. The summed E-state index contributed by atoms with van der Waals surface area (Å²) in [6.45, 7) is 7.68. The Morgan fingerprint density at radius 3 is 2.45 bits per heavy atom. The number of aryl methyl sites for hydroxylation is 2. The van der Waals surface area contributed by atoms with Crippen LogP contribution in [-0.2, 0) is 9.84 Å². The van der Waals surface area contributed by atoms with Crippen LogP contribution in [0.1, 0.15) is 68.5 Å². The highest BCUT2D eigenvalue weighted by atomic mass is 32.2. The molecule has 1 aliphatic rings. The summed E-state index contributed by atoms with van der Waals surface area (Å²) >= 11 is 0. The number of aromatic nitrogens is 5. The van der Waals surface area contributed by atoms with E-state index in [2.05, 4.69) is 20.2 Å². The van der Waals surface area contributed by atoms with Crippen LogP contribution in [-0.4, -0.2) is 38.6 Å². The van der Waals surface area contributed by atoms with Crippen molar-refractivity contribution in [2.45, 2.75) is 70.3 Å². The van der Waals surface area contributed by atoms with E-state index in [1.807, 2.05) is 45.9 Å². The largest absolute Gasteiger partial charge is 0.338 e. The molecule has 4 rings (SSSR count). The number of pyridine rings is 1. The Bertz CT molecular complexity index is 1140. The lowest BCUT2D eigenvalue weighted by Gasteiger charge is -2.27. The normalized spacial score (nSPS) is 16.7. The molecule has 0 spiro atoms. The molecule has 8 nitrogen and oxygen atoms in total. The molecular weight excluding hydrogens is 414 g/mol. The molecule has 0 bridgehead atoms. The standard InChI is InChI=1S/C22H29N5O3S/c1-14(2)20(31(28,29)18-8-6-5-7-9-18)22-24-21(26-30-22)17-10-11-19(23-13-17)27-16(4)12-15(3)25-27/h10-14,18,20H,5-9H2,1-4H3/t20-/m1/s1. The molecule has 0 aliphatic heterocycles. The van der Waals surface area contributed by atoms with Gasteiger partial charge in [0, 0.05) is 17.5 Å². The Morgan fingerprint density at radius 1 is 1.13 bits per heavy atom. The lowest BCUT2D eigenvalue weighted by molar-refractivity contribution is 0.350. The van der Waals surface area contributed by atoms with Gasteiger partial charge in [0.25, 0.3) is 0 Å². The number of hydrogen-bond donors (Lipinski definition) is 0. The molecule has 0 unspecified atom stereocenters. The van der Waals surface area contributed by atoms with Gasteiger partial charge in [-0.25, -0.2) is 18.1 Å². The van der Waals surface area contributed by atoms with Crippen molar-refractivity contribution in [1.82, 2.24) is 24.9 Å². The van der Waals surface area contributed by atoms with E-state index >= 15 is 0 Å². The van der Waals surface area contributed by atoms with Gasteiger partial charge in [-0.1, -0.05) is 38.3 Å². The Labute approximate surface area is 183 Å². The van der Waals surface area contributed by atoms with E-state index in [0.29, 0.717) is 30.0 Å². The number of nitrogens with zero attached hydrogens (tertiary/aromatic N) is 5. The smallest absolute Gasteiger partial charge is 0.245 e. The molecule has 1 saturated carbocycles. The van der Waals surface area contributed by atoms with Gasteiger partial charge in [0.15, 0.2) is 15.7 Å². The van der Waals surface area contributed by atoms with Crippen LogP contribution in [0.4, 0.5) is 0 Å². The number of sulfone groups is 1. The van der Waals surface area contributed by atoms with Gasteiger partial charge in [0.05, 0.1) is 10.9 Å². The minimum Gasteiger partial charge on any atom is -0.338 e. The van der Waals surface area contributed by atoms with Crippen LogP contribution in [0.3, 0.4) is 0 Å². The summed E-state index contributed by atoms with van der Waals surface area (Å²) in [5.74, 6) is 1.04. The van der Waals surface area contributed by atoms with Gasteiger partial charge >= 0.3 is 0 Å². The van der Waals surface area contributed by atoms with E-state index in [1.54, 1.807) is 10.9 Å². The maximum Gasteiger partial charge on any atom is 0.245 e. The average molecular weight is 444 g/mol. The molecule has 3 aromatic heterocycles. The van der Waals surface area contributed by atoms with E-state index in [1.165, 1.54) is 0 Å². The monoisotopic (exact) mass is 443 g/mol. The molecule has 0 radical (unpaired) electrons. The first-order chi connectivity index (χ1) is 14.8. The molecule has 166 valence electrons. The summed E-state index contributed by atoms with van der Waals surface area (Å²) in [5, 5.41) is 7.38. The molecule has 0 saturated heterocycles. The van der Waals surface area contributed by atoms with E-state index in [0.717, 1.165) is 30.7 Å². The second-order valence-corrected chi connectivity index (χ2v) is 11.1. The summed E-state index contributed by atoms with van der Waals surface area (Å²) in [6, 6.07) is 5.66. The average Bonchev–Trinajstić information content (AvgIpc) is 3.34. The second-order valence-electron chi connectivity index (χ2n) is 8.71. The quantitative estimate of drug-likeness (QED) is 0.557. The molecule has 3 heterocycles. The van der Waals surface area contributed by atoms with E-state index in [-0.39, 0.29) is 17.1 Å². The van der Waals surface area contributed by atoms with Crippen molar-refractivity contribution in [2.24, 2.45) is 5.92 Å². The lowest BCUT2D eigenvalue weighted by Crippen LogP contribution is -2.31. The minimum absolute atomic E-state index is 0.160. The van der Waals surface area contributed by atoms with Crippen molar-refractivity contribution in [3.05, 3.63) is 41.7 Å². The molecule has 0 amide bonds. The molecular formula is C22H29N5O3S. The summed E-state index contributed by atoms with van der Waals surface area (Å²) in [5.41, 5.74) is 2.58. The van der Waals surface area contributed by atoms with Crippen LogP contribution >= 0.6 is 0 Å². The van der Waals surface area contributed by atoms with Gasteiger partial charge in [0.1, 0.15) is 5.25 Å². The van der Waals surface area contributed by atoms with E-state index in [4.69, 9.17) is 4.52 Å². The zero-order valence-electron chi connectivity index (χ0n) is 18.4. The first-order valence-electron chi connectivity index (χ1n) is 10.8. The molecule has 1 fully saturated rings. The maximum atomic E-state index is 13.4. The third-order valence-electron chi connectivity index (χ3n) is 5.89. The van der Waals surface area contributed by atoms with Crippen molar-refractivity contribution >= 4 is 9.84 Å². The summed E-state index contributed by atoms with van der Waals surface area (Å²) in [7, 11) is -3.41. The summed E-state index contributed by atoms with van der Waals surface area (Å²) in [4.78, 5) is 8.94. The fourth-order valence-electron chi connectivity index (χ4n) is 4.38. The third-order valence-corrected chi connectivity index (χ3v) is 8.75. The molecule has 9 heteroatoms. The van der Waals surface area contributed by atoms with Gasteiger partial charge in [-0.15, -0.1) is 0 Å². The second kappa shape index (κ2) is 8.53. The van der Waals surface area contributed by atoms with Crippen LogP contribution in [0.2, 0.25) is 0 Å². The van der Waals surface area contributed by atoms with Gasteiger partial charge < -0.3 is 4.52 Å². The Hall–Kier alpha value is -2.55. The molecule has 0 N–H and O–H groups in total. The highest BCUT2D eigenvalue weighted by molar-refractivity contribution is 7.92. The zero-order chi connectivity index (χ0) is 22.2. The minimum atomic E-state index is -3.41. The molecule has 0 aromatic carbocycles. The fraction of sp³-hybridized carbons (Fsp3) is 0.545. The van der Waals surface area contributed by atoms with Crippen molar-refractivity contribution in [3.63, 3.8) is 0 Å². The van der Waals surface area contributed by atoms with Crippen molar-refractivity contribution in [1.29, 1.82) is 0 Å². The number of rotatable bonds is 6. The van der Waals surface area contributed by atoms with Crippen LogP contribution in [0.25, 0.3) is 17.2 Å². The van der Waals surface area contributed by atoms with E-state index in [9.17, 15) is 8.42 Å². The van der Waals surface area contributed by atoms with Gasteiger partial charge in [-0.3, -0.25) is 0 Å². The third kappa shape index (κ3) is 4.28. The topological polar surface area (TPSA) is 104 Å². The van der Waals surface area contributed by atoms with Gasteiger partial charge in [0.2, 0.25) is 11.7 Å². The Kier molecular flexibility index (Phi) is 5.96. The summed E-state index contributed by atoms with van der Waals surface area (Å²) in [6.07, 6.45) is 6.09. The first kappa shape index (κ1) is 21.7. The molecule has 1 atom stereocenters. The highest BCUT2D eigenvalue weighted by Gasteiger charge is 2.41. The predicted molar refractivity (Wildman–Crippen MR) is 117 cm³/mol. The summed E-state index contributed by atoms with van der Waals surface area (Å²) < 4.78 is 34.0. The molecule has 31 heavy (non-hydrogen) atoms. The predicted octanol–water partition coefficient (Wildman–Crippen LogP) is 4.38. The molecule has 3 aromatic rings. The number of hydrogen-bond acceptors (Lipinski definition) is 7. The fourth-order valence-corrected chi connectivity index (χ4v) is 6.92. The first-order valence-corrected chi connectivity index (χ1v) is 12.4. The molecule has 1 aliphatic carbocycles. The van der Waals surface area contributed by atoms with Gasteiger partial charge in [-0.05, 0) is 50.8 Å². The van der Waals surface area contributed by atoms with Crippen LogP contribution in [0.5, 0.6) is 0 Å². The zero-order valence-corrected chi connectivity index (χ0v) is 19.3. The van der Waals surface area contributed by atoms with Crippen LogP contribution in [0.15, 0.2) is 28.9 Å². The SMILES string of the molecule is Cc1cc(C)n(-c2ccc(-c3noc([C@@H](C(C)C)S(=O)(=O)C4CCCCC4)n3)cn2)n1.